The van der Waals surface area contributed by atoms with Gasteiger partial charge in [0.15, 0.2) is 0 Å². The van der Waals surface area contributed by atoms with E-state index in [9.17, 15) is 9.59 Å². The van der Waals surface area contributed by atoms with Crippen molar-refractivity contribution in [3.05, 3.63) is 23.8 Å². The quantitative estimate of drug-likeness (QED) is 0.326. The van der Waals surface area contributed by atoms with Gasteiger partial charge in [0.1, 0.15) is 19.7 Å². The normalized spacial score (nSPS) is 42.5. The van der Waals surface area contributed by atoms with E-state index < -0.39 is 10.8 Å². The SMILES string of the molecule is C=C1C[C@]23C[C@H]1CC=C2[C@]1(COC3=O)[C@@H](OCOC)CCC(C)(C)[C@H]1C=O. The highest BCUT2D eigenvalue weighted by atomic mass is 16.7. The summed E-state index contributed by atoms with van der Waals surface area (Å²) in [6.07, 6.45) is 7.05. The molecule has 1 saturated heterocycles. The molecule has 4 rings (SSSR count). The Kier molecular flexibility index (Phi) is 4.39. The highest BCUT2D eigenvalue weighted by Crippen LogP contribution is 2.67. The number of aldehydes is 1. The smallest absolute Gasteiger partial charge is 0.316 e. The van der Waals surface area contributed by atoms with Crippen molar-refractivity contribution in [1.29, 1.82) is 0 Å². The summed E-state index contributed by atoms with van der Waals surface area (Å²) in [5.74, 6) is -0.0930. The van der Waals surface area contributed by atoms with Crippen LogP contribution in [0.2, 0.25) is 0 Å². The van der Waals surface area contributed by atoms with Crippen molar-refractivity contribution in [2.24, 2.45) is 28.1 Å². The number of methoxy groups -OCH3 is 1. The van der Waals surface area contributed by atoms with Crippen molar-refractivity contribution < 1.29 is 23.8 Å². The molecule has 1 aliphatic heterocycles. The molecule has 5 heteroatoms. The molecule has 1 heterocycles. The van der Waals surface area contributed by atoms with Crippen LogP contribution in [0.5, 0.6) is 0 Å². The lowest BCUT2D eigenvalue weighted by Gasteiger charge is -2.59. The summed E-state index contributed by atoms with van der Waals surface area (Å²) in [5.41, 5.74) is 0.731. The number of hydrogen-bond donors (Lipinski definition) is 0. The minimum atomic E-state index is -0.665. The van der Waals surface area contributed by atoms with Gasteiger partial charge in [0.05, 0.1) is 16.9 Å². The van der Waals surface area contributed by atoms with Crippen molar-refractivity contribution in [2.75, 3.05) is 20.5 Å². The van der Waals surface area contributed by atoms with E-state index in [4.69, 9.17) is 14.2 Å². The molecule has 5 atom stereocenters. The van der Waals surface area contributed by atoms with Crippen LogP contribution in [0.25, 0.3) is 0 Å². The lowest BCUT2D eigenvalue weighted by Crippen LogP contribution is -2.63. The van der Waals surface area contributed by atoms with Gasteiger partial charge in [0.25, 0.3) is 0 Å². The minimum absolute atomic E-state index is 0.152. The van der Waals surface area contributed by atoms with Crippen molar-refractivity contribution in [3.8, 4) is 0 Å². The van der Waals surface area contributed by atoms with Crippen LogP contribution in [-0.2, 0) is 23.8 Å². The monoisotopic (exact) mass is 374 g/mol. The summed E-state index contributed by atoms with van der Waals surface area (Å²) in [4.78, 5) is 25.4. The number of hydrogen-bond acceptors (Lipinski definition) is 5. The number of rotatable bonds is 4. The molecule has 0 unspecified atom stereocenters. The van der Waals surface area contributed by atoms with E-state index in [1.54, 1.807) is 7.11 Å². The van der Waals surface area contributed by atoms with Crippen molar-refractivity contribution in [2.45, 2.75) is 52.1 Å². The second-order valence-corrected chi connectivity index (χ2v) is 9.49. The summed E-state index contributed by atoms with van der Waals surface area (Å²) in [5, 5.41) is 0. The number of ether oxygens (including phenoxy) is 3. The first kappa shape index (κ1) is 18.9. The van der Waals surface area contributed by atoms with Gasteiger partial charge in [-0.15, -0.1) is 0 Å². The Labute approximate surface area is 161 Å². The zero-order chi connectivity index (χ0) is 19.4. The summed E-state index contributed by atoms with van der Waals surface area (Å²) in [6, 6.07) is 0. The summed E-state index contributed by atoms with van der Waals surface area (Å²) in [7, 11) is 1.60. The topological polar surface area (TPSA) is 61.8 Å². The lowest BCUT2D eigenvalue weighted by atomic mass is 9.47. The van der Waals surface area contributed by atoms with E-state index in [2.05, 4.69) is 26.5 Å². The third kappa shape index (κ3) is 2.44. The van der Waals surface area contributed by atoms with Gasteiger partial charge in [0.2, 0.25) is 0 Å². The molecule has 2 bridgehead atoms. The van der Waals surface area contributed by atoms with Gasteiger partial charge in [-0.05, 0) is 49.0 Å². The molecule has 3 fully saturated rings. The molecule has 2 saturated carbocycles. The van der Waals surface area contributed by atoms with Gasteiger partial charge in [0, 0.05) is 13.0 Å². The zero-order valence-electron chi connectivity index (χ0n) is 16.6. The van der Waals surface area contributed by atoms with E-state index >= 15 is 0 Å². The van der Waals surface area contributed by atoms with E-state index in [1.165, 1.54) is 0 Å². The maximum Gasteiger partial charge on any atom is 0.316 e. The van der Waals surface area contributed by atoms with Gasteiger partial charge in [-0.3, -0.25) is 4.79 Å². The molecule has 0 N–H and O–H groups in total. The first-order chi connectivity index (χ1) is 12.8. The fraction of sp³-hybridized carbons (Fsp3) is 0.727. The predicted molar refractivity (Wildman–Crippen MR) is 99.7 cm³/mol. The Morgan fingerprint density at radius 2 is 2.19 bits per heavy atom. The van der Waals surface area contributed by atoms with Crippen molar-refractivity contribution in [1.82, 2.24) is 0 Å². The van der Waals surface area contributed by atoms with Gasteiger partial charge in [-0.1, -0.05) is 32.1 Å². The number of esters is 1. The lowest BCUT2D eigenvalue weighted by molar-refractivity contribution is -0.206. The molecule has 0 radical (unpaired) electrons. The van der Waals surface area contributed by atoms with Crippen LogP contribution >= 0.6 is 0 Å². The second kappa shape index (κ2) is 6.28. The zero-order valence-corrected chi connectivity index (χ0v) is 16.6. The van der Waals surface area contributed by atoms with Crippen LogP contribution < -0.4 is 0 Å². The van der Waals surface area contributed by atoms with Gasteiger partial charge >= 0.3 is 5.97 Å². The Balaban J connectivity index is 1.88. The van der Waals surface area contributed by atoms with Gasteiger partial charge in [-0.2, -0.15) is 0 Å². The summed E-state index contributed by atoms with van der Waals surface area (Å²) < 4.78 is 17.2. The average molecular weight is 374 g/mol. The number of allylic oxidation sites excluding steroid dienone is 2. The Hall–Kier alpha value is -1.46. The number of fused-ring (bicyclic) bond motifs is 2. The largest absolute Gasteiger partial charge is 0.464 e. The Morgan fingerprint density at radius 3 is 2.89 bits per heavy atom. The van der Waals surface area contributed by atoms with Crippen LogP contribution in [0, 0.1) is 28.1 Å². The molecular formula is C22H30O5. The van der Waals surface area contributed by atoms with E-state index in [0.29, 0.717) is 12.3 Å². The first-order valence-corrected chi connectivity index (χ1v) is 9.93. The predicted octanol–water partition coefficient (Wildman–Crippen LogP) is 3.44. The Bertz CT molecular complexity index is 707. The van der Waals surface area contributed by atoms with E-state index in [0.717, 1.165) is 43.1 Å². The third-order valence-electron chi connectivity index (χ3n) is 7.70. The molecule has 0 aromatic rings. The Morgan fingerprint density at radius 1 is 1.41 bits per heavy atom. The summed E-state index contributed by atoms with van der Waals surface area (Å²) >= 11 is 0. The number of carbonyl (C=O) groups is 2. The van der Waals surface area contributed by atoms with Crippen LogP contribution in [0.1, 0.15) is 46.0 Å². The molecule has 4 aliphatic rings. The van der Waals surface area contributed by atoms with Gasteiger partial charge < -0.3 is 19.0 Å². The first-order valence-electron chi connectivity index (χ1n) is 9.93. The number of carbonyl (C=O) groups excluding carboxylic acids is 2. The van der Waals surface area contributed by atoms with Crippen LogP contribution in [0.3, 0.4) is 0 Å². The van der Waals surface area contributed by atoms with E-state index in [-0.39, 0.29) is 36.8 Å². The molecular weight excluding hydrogens is 344 g/mol. The average Bonchev–Trinajstić information content (AvgIpc) is 2.88. The molecule has 27 heavy (non-hydrogen) atoms. The minimum Gasteiger partial charge on any atom is -0.464 e. The van der Waals surface area contributed by atoms with E-state index in [1.807, 2.05) is 0 Å². The number of cyclic esters (lactones) is 1. The van der Waals surface area contributed by atoms with Crippen molar-refractivity contribution in [3.63, 3.8) is 0 Å². The molecule has 3 aliphatic carbocycles. The second-order valence-electron chi connectivity index (χ2n) is 9.49. The van der Waals surface area contributed by atoms with Crippen LogP contribution in [-0.4, -0.2) is 38.9 Å². The molecule has 148 valence electrons. The standard InChI is InChI=1S/C22H30O5/c1-14-9-21-10-15(14)5-6-16(21)22(12-26-19(21)24)17(11-23)20(2,3)8-7-18(22)27-13-25-4/h6,11,15,17-18H,1,5,7-10,12-13H2,2-4H3/t15-,17-,18+,21+,22+/m1/s1. The fourth-order valence-electron chi connectivity index (χ4n) is 6.41. The highest BCUT2D eigenvalue weighted by molar-refractivity contribution is 5.85. The summed E-state index contributed by atoms with van der Waals surface area (Å²) in [6.45, 7) is 8.88. The molecule has 0 aromatic heterocycles. The molecule has 5 nitrogen and oxygen atoms in total. The maximum absolute atomic E-state index is 13.0. The molecule has 0 aromatic carbocycles. The molecule has 2 spiro atoms. The highest BCUT2D eigenvalue weighted by Gasteiger charge is 2.68. The third-order valence-corrected chi connectivity index (χ3v) is 7.70. The van der Waals surface area contributed by atoms with Crippen molar-refractivity contribution >= 4 is 12.3 Å². The fourth-order valence-corrected chi connectivity index (χ4v) is 6.41. The van der Waals surface area contributed by atoms with Gasteiger partial charge in [-0.25, -0.2) is 0 Å². The van der Waals surface area contributed by atoms with Crippen LogP contribution in [0.15, 0.2) is 23.8 Å². The van der Waals surface area contributed by atoms with Crippen LogP contribution in [0.4, 0.5) is 0 Å². The maximum atomic E-state index is 13.0. The molecule has 0 amide bonds.